The number of thioether (sulfide) groups is 1. The summed E-state index contributed by atoms with van der Waals surface area (Å²) in [6.45, 7) is 3.11. The van der Waals surface area contributed by atoms with Gasteiger partial charge in [-0.1, -0.05) is 6.42 Å². The monoisotopic (exact) mass is 228 g/mol. The molecule has 2 rings (SSSR count). The van der Waals surface area contributed by atoms with Crippen LogP contribution < -0.4 is 5.32 Å². The summed E-state index contributed by atoms with van der Waals surface area (Å²) in [6.07, 6.45) is 6.31. The number of aryl methyl sites for hydroxylation is 1. The van der Waals surface area contributed by atoms with Crippen LogP contribution in [0.15, 0.2) is 5.38 Å². The van der Waals surface area contributed by atoms with E-state index in [2.05, 4.69) is 21.9 Å². The molecule has 1 aromatic rings. The molecular weight excluding hydrogens is 212 g/mol. The summed E-state index contributed by atoms with van der Waals surface area (Å²) in [5.74, 6) is 0. The van der Waals surface area contributed by atoms with Gasteiger partial charge in [0.25, 0.3) is 0 Å². The highest BCUT2D eigenvalue weighted by Crippen LogP contribution is 2.42. The third-order valence-corrected chi connectivity index (χ3v) is 5.22. The molecule has 0 unspecified atom stereocenters. The van der Waals surface area contributed by atoms with Crippen molar-refractivity contribution in [1.82, 2.24) is 4.98 Å². The molecule has 1 aromatic heterocycles. The van der Waals surface area contributed by atoms with E-state index < -0.39 is 0 Å². The van der Waals surface area contributed by atoms with Crippen molar-refractivity contribution >= 4 is 28.2 Å². The Bertz CT molecular complexity index is 299. The largest absolute Gasteiger partial charge is 0.360 e. The van der Waals surface area contributed by atoms with E-state index in [9.17, 15) is 0 Å². The van der Waals surface area contributed by atoms with E-state index in [1.165, 1.54) is 19.3 Å². The van der Waals surface area contributed by atoms with E-state index >= 15 is 0 Å². The highest BCUT2D eigenvalue weighted by atomic mass is 32.2. The Kier molecular flexibility index (Phi) is 3.02. The number of nitrogens with one attached hydrogen (secondary N) is 1. The molecule has 0 saturated heterocycles. The summed E-state index contributed by atoms with van der Waals surface area (Å²) in [4.78, 5) is 4.40. The van der Waals surface area contributed by atoms with Crippen LogP contribution in [0.25, 0.3) is 0 Å². The Morgan fingerprint density at radius 1 is 1.64 bits per heavy atom. The van der Waals surface area contributed by atoms with Crippen LogP contribution in [0, 0.1) is 6.92 Å². The highest BCUT2D eigenvalue weighted by Gasteiger charge is 2.35. The van der Waals surface area contributed by atoms with Gasteiger partial charge in [0.05, 0.1) is 5.69 Å². The Morgan fingerprint density at radius 3 is 2.86 bits per heavy atom. The molecule has 0 atom stereocenters. The van der Waals surface area contributed by atoms with E-state index in [1.807, 2.05) is 18.7 Å². The molecule has 0 amide bonds. The second kappa shape index (κ2) is 4.11. The number of hydrogen-bond acceptors (Lipinski definition) is 4. The summed E-state index contributed by atoms with van der Waals surface area (Å²) in [5, 5.41) is 6.61. The lowest BCUT2D eigenvalue weighted by molar-refractivity contribution is 0.380. The minimum atomic E-state index is 0.500. The maximum absolute atomic E-state index is 4.40. The van der Waals surface area contributed by atoms with Crippen molar-refractivity contribution in [2.24, 2.45) is 0 Å². The molecule has 0 spiro atoms. The van der Waals surface area contributed by atoms with Crippen molar-refractivity contribution in [3.05, 3.63) is 11.1 Å². The van der Waals surface area contributed by atoms with Crippen LogP contribution in [-0.4, -0.2) is 22.5 Å². The third kappa shape index (κ3) is 2.06. The standard InChI is InChI=1S/C10H16N2S2/c1-8-6-14-9(12-8)11-7-10(13-2)4-3-5-10/h6H,3-5,7H2,1-2H3,(H,11,12). The predicted molar refractivity (Wildman–Crippen MR) is 65.4 cm³/mol. The molecule has 0 bridgehead atoms. The minimum absolute atomic E-state index is 0.500. The van der Waals surface area contributed by atoms with Crippen molar-refractivity contribution in [2.75, 3.05) is 18.1 Å². The van der Waals surface area contributed by atoms with Crippen molar-refractivity contribution < 1.29 is 0 Å². The zero-order valence-electron chi connectivity index (χ0n) is 8.67. The Hall–Kier alpha value is -0.220. The molecule has 1 aliphatic rings. The third-order valence-electron chi connectivity index (χ3n) is 2.88. The van der Waals surface area contributed by atoms with Gasteiger partial charge in [-0.2, -0.15) is 11.8 Å². The van der Waals surface area contributed by atoms with Crippen LogP contribution in [0.3, 0.4) is 0 Å². The van der Waals surface area contributed by atoms with Crippen LogP contribution in [0.4, 0.5) is 5.13 Å². The number of aromatic nitrogens is 1. The first-order chi connectivity index (χ1) is 6.74. The fraction of sp³-hybridized carbons (Fsp3) is 0.700. The van der Waals surface area contributed by atoms with Crippen LogP contribution in [0.2, 0.25) is 0 Å². The van der Waals surface area contributed by atoms with E-state index in [0.717, 1.165) is 17.4 Å². The quantitative estimate of drug-likeness (QED) is 0.857. The molecule has 1 fully saturated rings. The fourth-order valence-electron chi connectivity index (χ4n) is 1.70. The summed E-state index contributed by atoms with van der Waals surface area (Å²) in [6, 6.07) is 0. The van der Waals surface area contributed by atoms with E-state index in [1.54, 1.807) is 11.3 Å². The Labute approximate surface area is 93.5 Å². The zero-order valence-corrected chi connectivity index (χ0v) is 10.3. The highest BCUT2D eigenvalue weighted by molar-refractivity contribution is 8.00. The second-order valence-electron chi connectivity index (χ2n) is 3.89. The fourth-order valence-corrected chi connectivity index (χ4v) is 3.30. The van der Waals surface area contributed by atoms with Gasteiger partial charge in [-0.3, -0.25) is 0 Å². The van der Waals surface area contributed by atoms with Gasteiger partial charge in [0, 0.05) is 16.7 Å². The van der Waals surface area contributed by atoms with E-state index in [4.69, 9.17) is 0 Å². The first-order valence-corrected chi connectivity index (χ1v) is 7.06. The number of anilines is 1. The summed E-state index contributed by atoms with van der Waals surface area (Å²) < 4.78 is 0.500. The first kappa shape index (κ1) is 10.3. The average Bonchev–Trinajstić information content (AvgIpc) is 2.50. The molecule has 1 heterocycles. The topological polar surface area (TPSA) is 24.9 Å². The maximum Gasteiger partial charge on any atom is 0.182 e. The molecule has 2 nitrogen and oxygen atoms in total. The summed E-state index contributed by atoms with van der Waals surface area (Å²) in [7, 11) is 0. The maximum atomic E-state index is 4.40. The second-order valence-corrected chi connectivity index (χ2v) is 6.02. The average molecular weight is 228 g/mol. The van der Waals surface area contributed by atoms with Crippen molar-refractivity contribution in [3.63, 3.8) is 0 Å². The van der Waals surface area contributed by atoms with Crippen molar-refractivity contribution in [1.29, 1.82) is 0 Å². The van der Waals surface area contributed by atoms with Crippen LogP contribution in [0.5, 0.6) is 0 Å². The molecule has 1 N–H and O–H groups in total. The number of thiazole rings is 1. The predicted octanol–water partition coefficient (Wildman–Crippen LogP) is 3.15. The number of hydrogen-bond donors (Lipinski definition) is 1. The Morgan fingerprint density at radius 2 is 2.43 bits per heavy atom. The molecule has 4 heteroatoms. The normalized spacial score (nSPS) is 19.0. The van der Waals surface area contributed by atoms with Crippen LogP contribution >= 0.6 is 23.1 Å². The van der Waals surface area contributed by atoms with Gasteiger partial charge in [-0.15, -0.1) is 11.3 Å². The van der Waals surface area contributed by atoms with Gasteiger partial charge < -0.3 is 5.32 Å². The first-order valence-electron chi connectivity index (χ1n) is 4.95. The van der Waals surface area contributed by atoms with Gasteiger partial charge in [-0.05, 0) is 26.0 Å². The smallest absolute Gasteiger partial charge is 0.182 e. The lowest BCUT2D eigenvalue weighted by atomic mass is 9.84. The van der Waals surface area contributed by atoms with Crippen LogP contribution in [0.1, 0.15) is 25.0 Å². The lowest BCUT2D eigenvalue weighted by Crippen LogP contribution is -2.40. The molecule has 1 saturated carbocycles. The zero-order chi connectivity index (χ0) is 10.0. The summed E-state index contributed by atoms with van der Waals surface area (Å²) in [5.41, 5.74) is 1.12. The molecule has 0 radical (unpaired) electrons. The van der Waals surface area contributed by atoms with Crippen molar-refractivity contribution in [3.8, 4) is 0 Å². The number of rotatable bonds is 4. The molecule has 0 aromatic carbocycles. The minimum Gasteiger partial charge on any atom is -0.360 e. The molecule has 0 aliphatic heterocycles. The SMILES string of the molecule is CSC1(CNc2nc(C)cs2)CCC1. The van der Waals surface area contributed by atoms with Gasteiger partial charge in [0.1, 0.15) is 0 Å². The van der Waals surface area contributed by atoms with Gasteiger partial charge >= 0.3 is 0 Å². The van der Waals surface area contributed by atoms with Gasteiger partial charge in [-0.25, -0.2) is 4.98 Å². The van der Waals surface area contributed by atoms with E-state index in [0.29, 0.717) is 4.75 Å². The van der Waals surface area contributed by atoms with Gasteiger partial charge in [0.2, 0.25) is 0 Å². The molecule has 14 heavy (non-hydrogen) atoms. The number of nitrogens with zero attached hydrogens (tertiary/aromatic N) is 1. The summed E-state index contributed by atoms with van der Waals surface area (Å²) >= 11 is 3.70. The van der Waals surface area contributed by atoms with Crippen LogP contribution in [-0.2, 0) is 0 Å². The molecule has 78 valence electrons. The van der Waals surface area contributed by atoms with Gasteiger partial charge in [0.15, 0.2) is 5.13 Å². The molecule has 1 aliphatic carbocycles. The van der Waals surface area contributed by atoms with E-state index in [-0.39, 0.29) is 0 Å². The Balaban J connectivity index is 1.87. The lowest BCUT2D eigenvalue weighted by Gasteiger charge is -2.40. The van der Waals surface area contributed by atoms with Crippen molar-refractivity contribution in [2.45, 2.75) is 30.9 Å². The molecular formula is C10H16N2S2.